The van der Waals surface area contributed by atoms with Gasteiger partial charge < -0.3 is 14.4 Å². The van der Waals surface area contributed by atoms with Crippen LogP contribution in [0.1, 0.15) is 25.8 Å². The predicted molar refractivity (Wildman–Crippen MR) is 76.7 cm³/mol. The standard InChI is InChI=1S/C15H22N2O2/c1-5-12(2)17(8-9-18-3)15-10-14(19-4)7-6-13(15)11-16/h6-7,10,12H,5,8-9H2,1-4H3. The number of methoxy groups -OCH3 is 2. The highest BCUT2D eigenvalue weighted by Crippen LogP contribution is 2.27. The minimum Gasteiger partial charge on any atom is -0.497 e. The molecule has 4 nitrogen and oxygen atoms in total. The Morgan fingerprint density at radius 1 is 1.37 bits per heavy atom. The van der Waals surface area contributed by atoms with Crippen LogP contribution >= 0.6 is 0 Å². The molecule has 0 radical (unpaired) electrons. The van der Waals surface area contributed by atoms with Gasteiger partial charge >= 0.3 is 0 Å². The highest BCUT2D eigenvalue weighted by Gasteiger charge is 2.17. The summed E-state index contributed by atoms with van der Waals surface area (Å²) in [6, 6.07) is 8.12. The van der Waals surface area contributed by atoms with E-state index in [1.54, 1.807) is 20.3 Å². The van der Waals surface area contributed by atoms with E-state index >= 15 is 0 Å². The second kappa shape index (κ2) is 7.65. The molecule has 0 saturated heterocycles. The second-order valence-corrected chi connectivity index (χ2v) is 4.44. The van der Waals surface area contributed by atoms with Crippen LogP contribution in [0.2, 0.25) is 0 Å². The normalized spacial score (nSPS) is 11.7. The maximum atomic E-state index is 9.26. The van der Waals surface area contributed by atoms with Crippen molar-refractivity contribution < 1.29 is 9.47 Å². The van der Waals surface area contributed by atoms with E-state index in [0.717, 1.165) is 24.4 Å². The van der Waals surface area contributed by atoms with Crippen LogP contribution in [0.4, 0.5) is 5.69 Å². The molecule has 4 heteroatoms. The van der Waals surface area contributed by atoms with Crippen molar-refractivity contribution >= 4 is 5.69 Å². The van der Waals surface area contributed by atoms with E-state index < -0.39 is 0 Å². The van der Waals surface area contributed by atoms with Crippen LogP contribution in [-0.4, -0.2) is 33.4 Å². The molecule has 1 aromatic rings. The highest BCUT2D eigenvalue weighted by molar-refractivity contribution is 5.62. The average Bonchev–Trinajstić information content (AvgIpc) is 2.46. The molecule has 0 heterocycles. The van der Waals surface area contributed by atoms with Crippen LogP contribution < -0.4 is 9.64 Å². The Labute approximate surface area is 115 Å². The van der Waals surface area contributed by atoms with Crippen molar-refractivity contribution in [3.05, 3.63) is 23.8 Å². The Balaban J connectivity index is 3.15. The largest absolute Gasteiger partial charge is 0.497 e. The van der Waals surface area contributed by atoms with Crippen LogP contribution in [-0.2, 0) is 4.74 Å². The summed E-state index contributed by atoms with van der Waals surface area (Å²) < 4.78 is 10.4. The van der Waals surface area contributed by atoms with E-state index in [1.807, 2.05) is 12.1 Å². The van der Waals surface area contributed by atoms with Gasteiger partial charge in [0.15, 0.2) is 0 Å². The van der Waals surface area contributed by atoms with Gasteiger partial charge in [-0.25, -0.2) is 0 Å². The van der Waals surface area contributed by atoms with E-state index in [2.05, 4.69) is 24.8 Å². The number of ether oxygens (including phenoxy) is 2. The maximum absolute atomic E-state index is 9.26. The zero-order valence-corrected chi connectivity index (χ0v) is 12.1. The molecule has 0 saturated carbocycles. The molecule has 19 heavy (non-hydrogen) atoms. The summed E-state index contributed by atoms with van der Waals surface area (Å²) in [6.45, 7) is 5.67. The molecular weight excluding hydrogens is 240 g/mol. The van der Waals surface area contributed by atoms with E-state index in [1.165, 1.54) is 0 Å². The SMILES string of the molecule is CCC(C)N(CCOC)c1cc(OC)ccc1C#N. The van der Waals surface area contributed by atoms with Gasteiger partial charge in [-0.1, -0.05) is 6.92 Å². The van der Waals surface area contributed by atoms with Crippen molar-refractivity contribution in [2.75, 3.05) is 32.3 Å². The zero-order chi connectivity index (χ0) is 14.3. The Hall–Kier alpha value is -1.73. The number of benzene rings is 1. The molecule has 1 atom stereocenters. The van der Waals surface area contributed by atoms with E-state index in [0.29, 0.717) is 18.2 Å². The fraction of sp³-hybridized carbons (Fsp3) is 0.533. The molecule has 0 amide bonds. The van der Waals surface area contributed by atoms with E-state index in [9.17, 15) is 5.26 Å². The first-order chi connectivity index (χ1) is 9.17. The third kappa shape index (κ3) is 3.87. The van der Waals surface area contributed by atoms with Crippen molar-refractivity contribution in [1.29, 1.82) is 5.26 Å². The van der Waals surface area contributed by atoms with Gasteiger partial charge in [0.2, 0.25) is 0 Å². The first-order valence-corrected chi connectivity index (χ1v) is 6.51. The topological polar surface area (TPSA) is 45.5 Å². The van der Waals surface area contributed by atoms with Gasteiger partial charge in [-0.2, -0.15) is 5.26 Å². The Morgan fingerprint density at radius 3 is 2.63 bits per heavy atom. The van der Waals surface area contributed by atoms with E-state index in [4.69, 9.17) is 9.47 Å². The molecule has 1 rings (SSSR count). The van der Waals surface area contributed by atoms with Crippen molar-refractivity contribution in [2.45, 2.75) is 26.3 Å². The number of hydrogen-bond donors (Lipinski definition) is 0. The molecule has 0 fully saturated rings. The van der Waals surface area contributed by atoms with Gasteiger partial charge in [0.05, 0.1) is 25.0 Å². The third-order valence-corrected chi connectivity index (χ3v) is 3.29. The summed E-state index contributed by atoms with van der Waals surface area (Å²) in [7, 11) is 3.32. The average molecular weight is 262 g/mol. The summed E-state index contributed by atoms with van der Waals surface area (Å²) in [5.74, 6) is 0.764. The van der Waals surface area contributed by atoms with Crippen LogP contribution in [0.5, 0.6) is 5.75 Å². The van der Waals surface area contributed by atoms with Crippen molar-refractivity contribution in [3.8, 4) is 11.8 Å². The van der Waals surface area contributed by atoms with Crippen LogP contribution in [0.25, 0.3) is 0 Å². The van der Waals surface area contributed by atoms with E-state index in [-0.39, 0.29) is 0 Å². The molecule has 1 aromatic carbocycles. The van der Waals surface area contributed by atoms with Gasteiger partial charge in [0.1, 0.15) is 11.8 Å². The van der Waals surface area contributed by atoms with Crippen molar-refractivity contribution in [3.63, 3.8) is 0 Å². The Bertz CT molecular complexity index is 440. The fourth-order valence-electron chi connectivity index (χ4n) is 1.96. The predicted octanol–water partition coefficient (Wildman–Crippen LogP) is 2.82. The molecule has 0 N–H and O–H groups in total. The summed E-state index contributed by atoms with van der Waals surface area (Å²) in [4.78, 5) is 2.20. The van der Waals surface area contributed by atoms with Gasteiger partial charge in [-0.05, 0) is 25.5 Å². The quantitative estimate of drug-likeness (QED) is 0.758. The Kier molecular flexibility index (Phi) is 6.17. The van der Waals surface area contributed by atoms with Crippen molar-refractivity contribution in [1.82, 2.24) is 0 Å². The summed E-state index contributed by atoms with van der Waals surface area (Å²) in [5.41, 5.74) is 1.57. The lowest BCUT2D eigenvalue weighted by molar-refractivity contribution is 0.203. The van der Waals surface area contributed by atoms with Crippen molar-refractivity contribution in [2.24, 2.45) is 0 Å². The lowest BCUT2D eigenvalue weighted by Crippen LogP contribution is -2.36. The molecule has 1 unspecified atom stereocenters. The number of nitrogens with zero attached hydrogens (tertiary/aromatic N) is 2. The fourth-order valence-corrected chi connectivity index (χ4v) is 1.96. The first kappa shape index (κ1) is 15.3. The third-order valence-electron chi connectivity index (χ3n) is 3.29. The smallest absolute Gasteiger partial charge is 0.121 e. The molecule has 104 valence electrons. The number of rotatable bonds is 7. The van der Waals surface area contributed by atoms with Crippen LogP contribution in [0.3, 0.4) is 0 Å². The first-order valence-electron chi connectivity index (χ1n) is 6.51. The summed E-state index contributed by atoms with van der Waals surface area (Å²) in [6.07, 6.45) is 1.01. The van der Waals surface area contributed by atoms with Gasteiger partial charge in [0.25, 0.3) is 0 Å². The summed E-state index contributed by atoms with van der Waals surface area (Å²) in [5, 5.41) is 9.26. The molecule has 0 aliphatic rings. The van der Waals surface area contributed by atoms with Gasteiger partial charge in [-0.3, -0.25) is 0 Å². The van der Waals surface area contributed by atoms with Gasteiger partial charge in [0, 0.05) is 25.8 Å². The maximum Gasteiger partial charge on any atom is 0.121 e. The molecular formula is C15H22N2O2. The number of hydrogen-bond acceptors (Lipinski definition) is 4. The monoisotopic (exact) mass is 262 g/mol. The summed E-state index contributed by atoms with van der Waals surface area (Å²) >= 11 is 0. The van der Waals surface area contributed by atoms with Crippen LogP contribution in [0.15, 0.2) is 18.2 Å². The zero-order valence-electron chi connectivity index (χ0n) is 12.1. The van der Waals surface area contributed by atoms with Crippen LogP contribution in [0, 0.1) is 11.3 Å². The second-order valence-electron chi connectivity index (χ2n) is 4.44. The molecule has 0 aromatic heterocycles. The molecule has 0 spiro atoms. The molecule has 0 aliphatic carbocycles. The highest BCUT2D eigenvalue weighted by atomic mass is 16.5. The lowest BCUT2D eigenvalue weighted by Gasteiger charge is -2.31. The van der Waals surface area contributed by atoms with Gasteiger partial charge in [-0.15, -0.1) is 0 Å². The minimum atomic E-state index is 0.342. The minimum absolute atomic E-state index is 0.342. The lowest BCUT2D eigenvalue weighted by atomic mass is 10.1. The Morgan fingerprint density at radius 2 is 2.11 bits per heavy atom. The number of anilines is 1. The molecule has 0 aliphatic heterocycles. The molecule has 0 bridgehead atoms. The number of nitriles is 1.